The fourth-order valence-corrected chi connectivity index (χ4v) is 2.61. The molecule has 116 valence electrons. The van der Waals surface area contributed by atoms with Gasteiger partial charge in [0.2, 0.25) is 11.4 Å². The lowest BCUT2D eigenvalue weighted by molar-refractivity contribution is -0.759. The molecule has 21 heavy (non-hydrogen) atoms. The first-order valence-corrected chi connectivity index (χ1v) is 7.45. The van der Waals surface area contributed by atoms with Gasteiger partial charge in [-0.1, -0.05) is 6.42 Å². The van der Waals surface area contributed by atoms with Crippen molar-refractivity contribution in [1.82, 2.24) is 5.27 Å². The lowest BCUT2D eigenvalue weighted by Crippen LogP contribution is -2.62. The van der Waals surface area contributed by atoms with Gasteiger partial charge in [0.1, 0.15) is 12.0 Å². The molecule has 0 radical (unpaired) electrons. The number of ether oxygens (including phenoxy) is 2. The summed E-state index contributed by atoms with van der Waals surface area (Å²) < 4.78 is 15.6. The number of aromatic nitrogens is 2. The third-order valence-electron chi connectivity index (χ3n) is 3.74. The van der Waals surface area contributed by atoms with E-state index in [0.717, 1.165) is 38.8 Å². The van der Waals surface area contributed by atoms with E-state index >= 15 is 0 Å². The van der Waals surface area contributed by atoms with Crippen molar-refractivity contribution < 1.29 is 23.6 Å². The summed E-state index contributed by atoms with van der Waals surface area (Å²) in [5, 5.41) is 9.61. The highest BCUT2D eigenvalue weighted by molar-refractivity contribution is 5.88. The maximum atomic E-state index is 11.7. The lowest BCUT2D eigenvalue weighted by atomic mass is 9.98. The van der Waals surface area contributed by atoms with Crippen molar-refractivity contribution in [3.63, 3.8) is 0 Å². The molecule has 1 aliphatic heterocycles. The summed E-state index contributed by atoms with van der Waals surface area (Å²) in [6.07, 6.45) is 6.24. The number of carbonyl (C=O) groups excluding carboxylic acids is 1. The quantitative estimate of drug-likeness (QED) is 0.784. The first-order valence-electron chi connectivity index (χ1n) is 7.45. The van der Waals surface area contributed by atoms with Crippen molar-refractivity contribution in [2.24, 2.45) is 0 Å². The zero-order chi connectivity index (χ0) is 14.5. The van der Waals surface area contributed by atoms with E-state index in [0.29, 0.717) is 13.2 Å². The van der Waals surface area contributed by atoms with E-state index in [4.69, 9.17) is 14.0 Å². The molecule has 1 amide bonds. The van der Waals surface area contributed by atoms with E-state index < -0.39 is 6.09 Å². The Hall–Kier alpha value is -1.83. The minimum atomic E-state index is -0.604. The second-order valence-corrected chi connectivity index (χ2v) is 5.28. The van der Waals surface area contributed by atoms with Crippen molar-refractivity contribution in [3.8, 4) is 0 Å². The van der Waals surface area contributed by atoms with E-state index in [-0.39, 0.29) is 12.0 Å². The normalized spacial score (nSPS) is 20.3. The highest BCUT2D eigenvalue weighted by Gasteiger charge is 2.21. The van der Waals surface area contributed by atoms with E-state index in [9.17, 15) is 4.79 Å². The monoisotopic (exact) mass is 296 g/mol. The molecule has 0 aromatic carbocycles. The first kappa shape index (κ1) is 14.1. The van der Waals surface area contributed by atoms with Gasteiger partial charge in [0.25, 0.3) is 6.20 Å². The molecule has 1 aromatic rings. The molecule has 2 aliphatic rings. The van der Waals surface area contributed by atoms with E-state index in [1.807, 2.05) is 5.01 Å². The Balaban J connectivity index is 1.50. The Morgan fingerprint density at radius 1 is 1.33 bits per heavy atom. The van der Waals surface area contributed by atoms with Crippen LogP contribution in [0.15, 0.2) is 10.7 Å². The lowest BCUT2D eigenvalue weighted by Gasteiger charge is -2.25. The van der Waals surface area contributed by atoms with Crippen LogP contribution in [0.25, 0.3) is 5.32 Å². The zero-order valence-corrected chi connectivity index (χ0v) is 11.9. The first-order chi connectivity index (χ1) is 10.3. The predicted octanol–water partition coefficient (Wildman–Crippen LogP) is 1.40. The molecule has 1 aliphatic carbocycles. The molecule has 2 heterocycles. The summed E-state index contributed by atoms with van der Waals surface area (Å²) in [7, 11) is 0. The van der Waals surface area contributed by atoms with Gasteiger partial charge in [0.05, 0.1) is 31.1 Å². The molecule has 0 N–H and O–H groups in total. The molecular formula is C13H20N4O4. The fraction of sp³-hybridized carbons (Fsp3) is 0.769. The fourth-order valence-electron chi connectivity index (χ4n) is 2.61. The molecule has 0 unspecified atom stereocenters. The number of hydrogen-bond acceptors (Lipinski definition) is 6. The van der Waals surface area contributed by atoms with Crippen molar-refractivity contribution in [1.29, 1.82) is 0 Å². The van der Waals surface area contributed by atoms with Crippen LogP contribution in [0.1, 0.15) is 32.1 Å². The summed E-state index contributed by atoms with van der Waals surface area (Å²) in [6, 6.07) is 0. The van der Waals surface area contributed by atoms with E-state index in [2.05, 4.69) is 10.6 Å². The van der Waals surface area contributed by atoms with Crippen LogP contribution in [0.4, 0.5) is 10.7 Å². The third-order valence-corrected chi connectivity index (χ3v) is 3.74. The van der Waals surface area contributed by atoms with Crippen LogP contribution in [-0.2, 0) is 9.47 Å². The van der Waals surface area contributed by atoms with E-state index in [1.165, 1.54) is 6.42 Å². The Morgan fingerprint density at radius 2 is 2.10 bits per heavy atom. The van der Waals surface area contributed by atoms with Crippen molar-refractivity contribution >= 4 is 12.0 Å². The molecule has 8 heteroatoms. The topological polar surface area (TPSA) is 82.8 Å². The molecule has 1 saturated heterocycles. The minimum Gasteiger partial charge on any atom is -0.552 e. The van der Waals surface area contributed by atoms with Crippen LogP contribution >= 0.6 is 0 Å². The molecule has 0 spiro atoms. The van der Waals surface area contributed by atoms with Gasteiger partial charge in [0, 0.05) is 0 Å². The average molecular weight is 296 g/mol. The SMILES string of the molecule is O=C([N-]c1c[n+](N2CCOCC2)no1)OC1CCCCC1. The number of carbonyl (C=O) groups is 1. The predicted molar refractivity (Wildman–Crippen MR) is 71.8 cm³/mol. The van der Waals surface area contributed by atoms with Gasteiger partial charge in [-0.15, -0.1) is 5.01 Å². The van der Waals surface area contributed by atoms with Gasteiger partial charge in [-0.2, -0.15) is 0 Å². The molecule has 0 atom stereocenters. The summed E-state index contributed by atoms with van der Waals surface area (Å²) in [5.41, 5.74) is 0. The Morgan fingerprint density at radius 3 is 2.86 bits per heavy atom. The van der Waals surface area contributed by atoms with Crippen LogP contribution in [0.5, 0.6) is 0 Å². The molecular weight excluding hydrogens is 276 g/mol. The summed E-state index contributed by atoms with van der Waals surface area (Å²) in [6.45, 7) is 2.75. The van der Waals surface area contributed by atoms with Crippen LogP contribution in [0, 0.1) is 0 Å². The van der Waals surface area contributed by atoms with Crippen molar-refractivity contribution in [3.05, 3.63) is 11.5 Å². The molecule has 1 saturated carbocycles. The highest BCUT2D eigenvalue weighted by atomic mass is 16.6. The zero-order valence-electron chi connectivity index (χ0n) is 11.9. The van der Waals surface area contributed by atoms with Crippen LogP contribution in [0.2, 0.25) is 0 Å². The highest BCUT2D eigenvalue weighted by Crippen LogP contribution is 2.23. The van der Waals surface area contributed by atoms with Crippen LogP contribution in [0.3, 0.4) is 0 Å². The van der Waals surface area contributed by atoms with Gasteiger partial charge in [-0.3, -0.25) is 4.79 Å². The van der Waals surface area contributed by atoms with Crippen molar-refractivity contribution in [2.75, 3.05) is 31.3 Å². The minimum absolute atomic E-state index is 0.00992. The van der Waals surface area contributed by atoms with Gasteiger partial charge < -0.3 is 19.3 Å². The van der Waals surface area contributed by atoms with Crippen molar-refractivity contribution in [2.45, 2.75) is 38.2 Å². The van der Waals surface area contributed by atoms with E-state index in [1.54, 1.807) is 11.0 Å². The molecule has 8 nitrogen and oxygen atoms in total. The summed E-state index contributed by atoms with van der Waals surface area (Å²) in [5.74, 6) is 0.155. The van der Waals surface area contributed by atoms with Gasteiger partial charge in [-0.05, 0) is 25.7 Å². The second-order valence-electron chi connectivity index (χ2n) is 5.28. The number of rotatable bonds is 3. The van der Waals surface area contributed by atoms with Crippen LogP contribution in [-0.4, -0.2) is 43.8 Å². The number of morpholine rings is 1. The van der Waals surface area contributed by atoms with Gasteiger partial charge in [-0.25, -0.2) is 0 Å². The Kier molecular flexibility index (Phi) is 4.54. The molecule has 1 aromatic heterocycles. The molecule has 2 fully saturated rings. The number of hydrogen-bond donors (Lipinski definition) is 0. The molecule has 0 bridgehead atoms. The Bertz CT molecular complexity index is 466. The Labute approximate surface area is 122 Å². The smallest absolute Gasteiger partial charge is 0.257 e. The summed E-state index contributed by atoms with van der Waals surface area (Å²) >= 11 is 0. The number of nitrogens with zero attached hydrogens (tertiary/aromatic N) is 4. The number of amides is 1. The second kappa shape index (κ2) is 6.75. The van der Waals surface area contributed by atoms with Gasteiger partial charge >= 0.3 is 0 Å². The molecule has 3 rings (SSSR count). The largest absolute Gasteiger partial charge is 0.552 e. The maximum Gasteiger partial charge on any atom is 0.257 e. The standard InChI is InChI=1S/C13H20N4O4/c18-13(20-11-4-2-1-3-5-11)14-12-10-17(15-21-12)16-6-8-19-9-7-16/h10-11H,1-9H2. The van der Waals surface area contributed by atoms with Gasteiger partial charge in [0.15, 0.2) is 0 Å². The summed E-state index contributed by atoms with van der Waals surface area (Å²) in [4.78, 5) is 13.3. The maximum absolute atomic E-state index is 11.7. The van der Waals surface area contributed by atoms with Crippen LogP contribution < -0.4 is 9.80 Å². The third kappa shape index (κ3) is 3.84. The average Bonchev–Trinajstić information content (AvgIpc) is 2.97.